The third kappa shape index (κ3) is 5.91. The molecule has 0 aromatic heterocycles. The molecule has 0 aliphatic carbocycles. The predicted molar refractivity (Wildman–Crippen MR) is 114 cm³/mol. The van der Waals surface area contributed by atoms with Crippen molar-refractivity contribution in [2.24, 2.45) is 5.92 Å². The number of amides is 2. The van der Waals surface area contributed by atoms with Crippen LogP contribution in [0.2, 0.25) is 0 Å². The summed E-state index contributed by atoms with van der Waals surface area (Å²) >= 11 is 0. The first-order chi connectivity index (χ1) is 14.1. The molecule has 2 unspecified atom stereocenters. The zero-order chi connectivity index (χ0) is 20.6. The van der Waals surface area contributed by atoms with Crippen molar-refractivity contribution in [1.82, 2.24) is 10.2 Å². The molecule has 0 spiro atoms. The molecule has 0 saturated carbocycles. The molecule has 2 atom stereocenters. The molecule has 5 heteroatoms. The van der Waals surface area contributed by atoms with Gasteiger partial charge in [-0.1, -0.05) is 60.2 Å². The van der Waals surface area contributed by atoms with Crippen molar-refractivity contribution in [1.29, 1.82) is 0 Å². The minimum atomic E-state index is -0.217. The molecule has 1 aliphatic rings. The van der Waals surface area contributed by atoms with E-state index in [0.717, 1.165) is 12.8 Å². The Bertz CT molecular complexity index is 822. The number of methoxy groups -OCH3 is 1. The fourth-order valence-electron chi connectivity index (χ4n) is 3.99. The Labute approximate surface area is 173 Å². The van der Waals surface area contributed by atoms with Gasteiger partial charge in [0.05, 0.1) is 5.92 Å². The molecule has 1 N–H and O–H groups in total. The molecule has 1 saturated heterocycles. The number of hydrogen-bond donors (Lipinski definition) is 1. The third-order valence-electron chi connectivity index (χ3n) is 5.51. The average molecular weight is 395 g/mol. The third-order valence-corrected chi connectivity index (χ3v) is 5.51. The van der Waals surface area contributed by atoms with E-state index >= 15 is 0 Å². The molecule has 0 bridgehead atoms. The minimum Gasteiger partial charge on any atom is -0.375 e. The van der Waals surface area contributed by atoms with E-state index in [9.17, 15) is 9.59 Å². The van der Waals surface area contributed by atoms with Gasteiger partial charge < -0.3 is 15.0 Å². The SMILES string of the molecule is COCC(=O)N1CC(C(=O)NCCc2ccccc2)CC(c2cccc(C)c2)C1. The lowest BCUT2D eigenvalue weighted by Crippen LogP contribution is -2.49. The Hall–Kier alpha value is -2.66. The molecule has 0 radical (unpaired) electrons. The topological polar surface area (TPSA) is 58.6 Å². The Kier molecular flexibility index (Phi) is 7.42. The summed E-state index contributed by atoms with van der Waals surface area (Å²) in [5, 5.41) is 3.07. The van der Waals surface area contributed by atoms with Gasteiger partial charge in [-0.25, -0.2) is 0 Å². The summed E-state index contributed by atoms with van der Waals surface area (Å²) in [6.07, 6.45) is 1.55. The highest BCUT2D eigenvalue weighted by Crippen LogP contribution is 2.31. The first kappa shape index (κ1) is 21.1. The van der Waals surface area contributed by atoms with Crippen LogP contribution in [0.5, 0.6) is 0 Å². The molecule has 1 heterocycles. The fourth-order valence-corrected chi connectivity index (χ4v) is 3.99. The number of benzene rings is 2. The number of aryl methyl sites for hydroxylation is 1. The Morgan fingerprint density at radius 3 is 2.62 bits per heavy atom. The zero-order valence-corrected chi connectivity index (χ0v) is 17.3. The van der Waals surface area contributed by atoms with E-state index in [-0.39, 0.29) is 30.3 Å². The number of carbonyl (C=O) groups is 2. The van der Waals surface area contributed by atoms with Gasteiger partial charge in [-0.15, -0.1) is 0 Å². The van der Waals surface area contributed by atoms with Gasteiger partial charge in [0, 0.05) is 32.7 Å². The quantitative estimate of drug-likeness (QED) is 0.786. The van der Waals surface area contributed by atoms with Crippen LogP contribution in [0.15, 0.2) is 54.6 Å². The standard InChI is InChI=1S/C24H30N2O3/c1-18-7-6-10-20(13-18)21-14-22(16-26(15-21)23(27)17-29-2)24(28)25-12-11-19-8-4-3-5-9-19/h3-10,13,21-22H,11-12,14-17H2,1-2H3,(H,25,28). The number of nitrogens with one attached hydrogen (secondary N) is 1. The van der Waals surface area contributed by atoms with Gasteiger partial charge in [0.1, 0.15) is 6.61 Å². The van der Waals surface area contributed by atoms with Crippen LogP contribution in [0.4, 0.5) is 0 Å². The second kappa shape index (κ2) is 10.2. The number of piperidine rings is 1. The van der Waals surface area contributed by atoms with Crippen molar-refractivity contribution in [3.63, 3.8) is 0 Å². The van der Waals surface area contributed by atoms with E-state index in [4.69, 9.17) is 4.74 Å². The van der Waals surface area contributed by atoms with Crippen LogP contribution >= 0.6 is 0 Å². The highest BCUT2D eigenvalue weighted by Gasteiger charge is 2.34. The van der Waals surface area contributed by atoms with Gasteiger partial charge >= 0.3 is 0 Å². The number of ether oxygens (including phenoxy) is 1. The van der Waals surface area contributed by atoms with Crippen molar-refractivity contribution >= 4 is 11.8 Å². The van der Waals surface area contributed by atoms with Crippen LogP contribution in [0.3, 0.4) is 0 Å². The minimum absolute atomic E-state index is 0.0218. The fraction of sp³-hybridized carbons (Fsp3) is 0.417. The van der Waals surface area contributed by atoms with Gasteiger partial charge in [0.2, 0.25) is 11.8 Å². The van der Waals surface area contributed by atoms with E-state index in [1.54, 1.807) is 4.90 Å². The summed E-state index contributed by atoms with van der Waals surface area (Å²) in [7, 11) is 1.52. The van der Waals surface area contributed by atoms with Crippen LogP contribution in [-0.2, 0) is 20.7 Å². The maximum absolute atomic E-state index is 12.9. The molecule has 3 rings (SSSR count). The van der Waals surface area contributed by atoms with Gasteiger partial charge in [0.15, 0.2) is 0 Å². The van der Waals surface area contributed by atoms with E-state index in [1.807, 2.05) is 24.3 Å². The molecule has 29 heavy (non-hydrogen) atoms. The zero-order valence-electron chi connectivity index (χ0n) is 17.3. The molecule has 2 aromatic rings. The Morgan fingerprint density at radius 1 is 1.10 bits per heavy atom. The highest BCUT2D eigenvalue weighted by molar-refractivity contribution is 5.82. The summed E-state index contributed by atoms with van der Waals surface area (Å²) in [6.45, 7) is 3.78. The van der Waals surface area contributed by atoms with Gasteiger partial charge in [0.25, 0.3) is 0 Å². The number of likely N-dealkylation sites (tertiary alicyclic amines) is 1. The lowest BCUT2D eigenvalue weighted by molar-refractivity contribution is -0.139. The van der Waals surface area contributed by atoms with E-state index in [0.29, 0.717) is 19.6 Å². The number of rotatable bonds is 7. The lowest BCUT2D eigenvalue weighted by Gasteiger charge is -2.37. The molecule has 5 nitrogen and oxygen atoms in total. The molecule has 154 valence electrons. The van der Waals surface area contributed by atoms with E-state index in [1.165, 1.54) is 23.8 Å². The molecule has 1 fully saturated rings. The van der Waals surface area contributed by atoms with Crippen molar-refractivity contribution < 1.29 is 14.3 Å². The molecule has 2 amide bonds. The van der Waals surface area contributed by atoms with Crippen molar-refractivity contribution in [2.45, 2.75) is 25.7 Å². The van der Waals surface area contributed by atoms with Gasteiger partial charge in [-0.3, -0.25) is 9.59 Å². The second-order valence-electron chi connectivity index (χ2n) is 7.80. The van der Waals surface area contributed by atoms with Crippen molar-refractivity contribution in [2.75, 3.05) is 33.4 Å². The summed E-state index contributed by atoms with van der Waals surface area (Å²) < 4.78 is 5.03. The molecular weight excluding hydrogens is 364 g/mol. The molecular formula is C24H30N2O3. The summed E-state index contributed by atoms with van der Waals surface area (Å²) in [6, 6.07) is 18.5. The number of nitrogens with zero attached hydrogens (tertiary/aromatic N) is 1. The Morgan fingerprint density at radius 2 is 1.90 bits per heavy atom. The largest absolute Gasteiger partial charge is 0.375 e. The van der Waals surface area contributed by atoms with Crippen LogP contribution in [0.1, 0.15) is 29.0 Å². The van der Waals surface area contributed by atoms with Crippen LogP contribution in [0.25, 0.3) is 0 Å². The predicted octanol–water partition coefficient (Wildman–Crippen LogP) is 2.93. The molecule has 2 aromatic carbocycles. The van der Waals surface area contributed by atoms with Crippen LogP contribution in [-0.4, -0.2) is 50.1 Å². The lowest BCUT2D eigenvalue weighted by atomic mass is 9.83. The maximum atomic E-state index is 12.9. The van der Waals surface area contributed by atoms with Crippen molar-refractivity contribution in [3.05, 3.63) is 71.3 Å². The highest BCUT2D eigenvalue weighted by atomic mass is 16.5. The van der Waals surface area contributed by atoms with E-state index < -0.39 is 0 Å². The average Bonchev–Trinajstić information content (AvgIpc) is 2.74. The summed E-state index contributed by atoms with van der Waals surface area (Å²) in [4.78, 5) is 27.1. The van der Waals surface area contributed by atoms with Crippen LogP contribution < -0.4 is 5.32 Å². The number of hydrogen-bond acceptors (Lipinski definition) is 3. The normalized spacial score (nSPS) is 19.0. The first-order valence-electron chi connectivity index (χ1n) is 10.2. The maximum Gasteiger partial charge on any atom is 0.248 e. The summed E-state index contributed by atoms with van der Waals surface area (Å²) in [5.41, 5.74) is 3.57. The summed E-state index contributed by atoms with van der Waals surface area (Å²) in [5.74, 6) is -0.111. The number of carbonyl (C=O) groups excluding carboxylic acids is 2. The monoisotopic (exact) mass is 394 g/mol. The van der Waals surface area contributed by atoms with Crippen LogP contribution in [0, 0.1) is 12.8 Å². The first-order valence-corrected chi connectivity index (χ1v) is 10.2. The second-order valence-corrected chi connectivity index (χ2v) is 7.80. The van der Waals surface area contributed by atoms with Crippen molar-refractivity contribution in [3.8, 4) is 0 Å². The van der Waals surface area contributed by atoms with E-state index in [2.05, 4.69) is 42.6 Å². The van der Waals surface area contributed by atoms with Gasteiger partial charge in [-0.05, 0) is 30.9 Å². The van der Waals surface area contributed by atoms with Gasteiger partial charge in [-0.2, -0.15) is 0 Å². The Balaban J connectivity index is 1.66. The molecule has 1 aliphatic heterocycles. The smallest absolute Gasteiger partial charge is 0.248 e.